The second kappa shape index (κ2) is 11.0. The molecule has 0 unspecified atom stereocenters. The Hall–Kier alpha value is -2.59. The van der Waals surface area contributed by atoms with Crippen LogP contribution in [0.4, 0.5) is 5.69 Å². The van der Waals surface area contributed by atoms with Gasteiger partial charge in [0.15, 0.2) is 0 Å². The van der Waals surface area contributed by atoms with Crippen molar-refractivity contribution in [3.05, 3.63) is 65.9 Å². The van der Waals surface area contributed by atoms with Crippen molar-refractivity contribution in [2.45, 2.75) is 65.3 Å². The highest BCUT2D eigenvalue weighted by Crippen LogP contribution is 2.30. The quantitative estimate of drug-likeness (QED) is 0.384. The van der Waals surface area contributed by atoms with Crippen molar-refractivity contribution < 1.29 is 4.79 Å². The lowest BCUT2D eigenvalue weighted by Crippen LogP contribution is -2.33. The number of carbonyl (C=O) groups excluding carboxylic acids is 1. The number of unbranched alkanes of at least 4 members (excludes halogenated alkanes) is 1. The van der Waals surface area contributed by atoms with Crippen LogP contribution < -0.4 is 5.32 Å². The van der Waals surface area contributed by atoms with Gasteiger partial charge in [-0.05, 0) is 99.8 Å². The number of anilines is 1. The number of likely N-dealkylation sites (tertiary alicyclic amines) is 1. The molecule has 33 heavy (non-hydrogen) atoms. The summed E-state index contributed by atoms with van der Waals surface area (Å²) in [5, 5.41) is 4.41. The molecule has 0 spiro atoms. The van der Waals surface area contributed by atoms with E-state index in [1.54, 1.807) is 0 Å². The highest BCUT2D eigenvalue weighted by Gasteiger charge is 2.21. The first-order chi connectivity index (χ1) is 16.0. The van der Waals surface area contributed by atoms with Crippen molar-refractivity contribution in [2.24, 2.45) is 5.92 Å². The molecule has 1 aliphatic rings. The first-order valence-corrected chi connectivity index (χ1v) is 12.8. The minimum atomic E-state index is 0.00206. The van der Waals surface area contributed by atoms with Gasteiger partial charge in [-0.2, -0.15) is 0 Å². The zero-order valence-corrected chi connectivity index (χ0v) is 20.5. The van der Waals surface area contributed by atoms with E-state index in [1.807, 2.05) is 19.9 Å². The molecule has 2 heterocycles. The minimum Gasteiger partial charge on any atom is -0.345 e. The summed E-state index contributed by atoms with van der Waals surface area (Å²) in [6.45, 7) is 10.7. The van der Waals surface area contributed by atoms with Gasteiger partial charge >= 0.3 is 0 Å². The largest absolute Gasteiger partial charge is 0.345 e. The van der Waals surface area contributed by atoms with E-state index in [1.165, 1.54) is 67.5 Å². The summed E-state index contributed by atoms with van der Waals surface area (Å²) < 4.78 is 2.47. The maximum absolute atomic E-state index is 12.0. The number of piperidine rings is 1. The molecule has 1 aliphatic heterocycles. The van der Waals surface area contributed by atoms with Crippen LogP contribution in [-0.2, 0) is 17.8 Å². The average Bonchev–Trinajstić information content (AvgIpc) is 3.19. The molecule has 4 heteroatoms. The Kier molecular flexibility index (Phi) is 7.87. The van der Waals surface area contributed by atoms with Crippen LogP contribution in [0, 0.1) is 5.92 Å². The summed E-state index contributed by atoms with van der Waals surface area (Å²) in [5.74, 6) is 0.681. The third kappa shape index (κ3) is 5.86. The second-order valence-corrected chi connectivity index (χ2v) is 9.78. The predicted octanol–water partition coefficient (Wildman–Crippen LogP) is 6.46. The number of para-hydroxylation sites is 1. The minimum absolute atomic E-state index is 0.00206. The number of carbonyl (C=O) groups is 1. The molecule has 176 valence electrons. The van der Waals surface area contributed by atoms with Crippen LogP contribution in [0.1, 0.15) is 63.6 Å². The van der Waals surface area contributed by atoms with Gasteiger partial charge in [0.25, 0.3) is 0 Å². The Balaban J connectivity index is 1.22. The molecule has 1 N–H and O–H groups in total. The van der Waals surface area contributed by atoms with Crippen molar-refractivity contribution in [1.29, 1.82) is 0 Å². The fraction of sp³-hybridized carbons (Fsp3) is 0.483. The van der Waals surface area contributed by atoms with E-state index in [0.717, 1.165) is 18.7 Å². The number of nitrogens with one attached hydrogen (secondary N) is 1. The average molecular weight is 446 g/mol. The first-order valence-electron chi connectivity index (χ1n) is 12.8. The summed E-state index contributed by atoms with van der Waals surface area (Å²) in [6.07, 6.45) is 6.06. The van der Waals surface area contributed by atoms with Crippen LogP contribution in [-0.4, -0.2) is 35.0 Å². The standard InChI is InChI=1S/C29H39N3O/c1-4-32-27(21-25-10-5-6-14-28(25)32)13-7-8-17-31-18-15-23(16-19-31)24-11-9-12-26(20-24)30-29(33)22(2)3/h5-6,9-12,14,20-23H,4,7-8,13,15-19H2,1-3H3,(H,30,33). The molecule has 1 saturated heterocycles. The molecular weight excluding hydrogens is 406 g/mol. The van der Waals surface area contributed by atoms with Crippen molar-refractivity contribution in [3.63, 3.8) is 0 Å². The predicted molar refractivity (Wildman–Crippen MR) is 139 cm³/mol. The van der Waals surface area contributed by atoms with Gasteiger partial charge in [-0.3, -0.25) is 4.79 Å². The Morgan fingerprint density at radius 2 is 1.82 bits per heavy atom. The lowest BCUT2D eigenvalue weighted by atomic mass is 9.89. The number of amides is 1. The lowest BCUT2D eigenvalue weighted by Gasteiger charge is -2.32. The third-order valence-electron chi connectivity index (χ3n) is 7.11. The Morgan fingerprint density at radius 3 is 2.58 bits per heavy atom. The van der Waals surface area contributed by atoms with Crippen LogP contribution in [0.2, 0.25) is 0 Å². The molecule has 0 bridgehead atoms. The molecule has 3 aromatic rings. The van der Waals surface area contributed by atoms with Crippen LogP contribution in [0.5, 0.6) is 0 Å². The Bertz CT molecular complexity index is 1060. The third-order valence-corrected chi connectivity index (χ3v) is 7.11. The number of fused-ring (bicyclic) bond motifs is 1. The molecule has 0 saturated carbocycles. The van der Waals surface area contributed by atoms with Crippen molar-refractivity contribution in [2.75, 3.05) is 25.0 Å². The highest BCUT2D eigenvalue weighted by molar-refractivity contribution is 5.92. The molecule has 4 nitrogen and oxygen atoms in total. The maximum atomic E-state index is 12.0. The number of rotatable bonds is 9. The fourth-order valence-corrected chi connectivity index (χ4v) is 5.14. The summed E-state index contributed by atoms with van der Waals surface area (Å²) in [7, 11) is 0. The van der Waals surface area contributed by atoms with E-state index >= 15 is 0 Å². The highest BCUT2D eigenvalue weighted by atomic mass is 16.1. The fourth-order valence-electron chi connectivity index (χ4n) is 5.14. The second-order valence-electron chi connectivity index (χ2n) is 9.78. The number of aromatic nitrogens is 1. The van der Waals surface area contributed by atoms with Gasteiger partial charge in [0.2, 0.25) is 5.91 Å². The van der Waals surface area contributed by atoms with Gasteiger partial charge in [-0.25, -0.2) is 0 Å². The lowest BCUT2D eigenvalue weighted by molar-refractivity contribution is -0.118. The van der Waals surface area contributed by atoms with Crippen LogP contribution >= 0.6 is 0 Å². The van der Waals surface area contributed by atoms with E-state index in [9.17, 15) is 4.79 Å². The zero-order valence-electron chi connectivity index (χ0n) is 20.5. The van der Waals surface area contributed by atoms with Gasteiger partial charge in [0, 0.05) is 29.4 Å². The smallest absolute Gasteiger partial charge is 0.226 e. The summed E-state index contributed by atoms with van der Waals surface area (Å²) in [5.41, 5.74) is 5.13. The number of benzene rings is 2. The molecule has 1 fully saturated rings. The Morgan fingerprint density at radius 1 is 1.03 bits per heavy atom. The van der Waals surface area contributed by atoms with Crippen LogP contribution in [0.3, 0.4) is 0 Å². The monoisotopic (exact) mass is 445 g/mol. The van der Waals surface area contributed by atoms with Crippen molar-refractivity contribution in [3.8, 4) is 0 Å². The van der Waals surface area contributed by atoms with Gasteiger partial charge < -0.3 is 14.8 Å². The van der Waals surface area contributed by atoms with Crippen LogP contribution in [0.25, 0.3) is 10.9 Å². The van der Waals surface area contributed by atoms with Gasteiger partial charge in [-0.15, -0.1) is 0 Å². The molecular formula is C29H39N3O. The molecule has 0 radical (unpaired) electrons. The molecule has 1 amide bonds. The number of nitrogens with zero attached hydrogens (tertiary/aromatic N) is 2. The molecule has 1 aromatic heterocycles. The summed E-state index contributed by atoms with van der Waals surface area (Å²) in [4.78, 5) is 14.7. The SMILES string of the molecule is CCn1c(CCCCN2CCC(c3cccc(NC(=O)C(C)C)c3)CC2)cc2ccccc21. The Labute approximate surface area is 199 Å². The van der Waals surface area contributed by atoms with Crippen molar-refractivity contribution in [1.82, 2.24) is 9.47 Å². The van der Waals surface area contributed by atoms with E-state index in [-0.39, 0.29) is 11.8 Å². The van der Waals surface area contributed by atoms with Gasteiger partial charge in [0.05, 0.1) is 0 Å². The van der Waals surface area contributed by atoms with E-state index < -0.39 is 0 Å². The number of aryl methyl sites for hydroxylation is 2. The summed E-state index contributed by atoms with van der Waals surface area (Å²) >= 11 is 0. The topological polar surface area (TPSA) is 37.3 Å². The number of hydrogen-bond acceptors (Lipinski definition) is 2. The van der Waals surface area contributed by atoms with Crippen LogP contribution in [0.15, 0.2) is 54.6 Å². The van der Waals surface area contributed by atoms with Gasteiger partial charge in [-0.1, -0.05) is 44.2 Å². The van der Waals surface area contributed by atoms with E-state index in [2.05, 4.69) is 70.2 Å². The van der Waals surface area contributed by atoms with E-state index in [0.29, 0.717) is 5.92 Å². The van der Waals surface area contributed by atoms with Gasteiger partial charge in [0.1, 0.15) is 0 Å². The summed E-state index contributed by atoms with van der Waals surface area (Å²) in [6, 6.07) is 19.6. The molecule has 2 aromatic carbocycles. The first kappa shape index (κ1) is 23.6. The van der Waals surface area contributed by atoms with E-state index in [4.69, 9.17) is 0 Å². The molecule has 4 rings (SSSR count). The zero-order chi connectivity index (χ0) is 23.2. The normalized spacial score (nSPS) is 15.4. The molecule has 0 aliphatic carbocycles. The molecule has 0 atom stereocenters. The maximum Gasteiger partial charge on any atom is 0.226 e. The van der Waals surface area contributed by atoms with Crippen molar-refractivity contribution >= 4 is 22.5 Å². The number of hydrogen-bond donors (Lipinski definition) is 1.